The molecule has 33 heavy (non-hydrogen) atoms. The van der Waals surface area contributed by atoms with Crippen molar-refractivity contribution in [3.63, 3.8) is 0 Å². The lowest BCUT2D eigenvalue weighted by Crippen LogP contribution is -2.39. The molecule has 7 nitrogen and oxygen atoms in total. The molecule has 0 bridgehead atoms. The molecule has 0 radical (unpaired) electrons. The number of nitrogens with two attached hydrogens (primary N) is 1. The number of allylic oxidation sites excluding steroid dienone is 5. The van der Waals surface area contributed by atoms with Gasteiger partial charge in [-0.1, -0.05) is 28.1 Å². The van der Waals surface area contributed by atoms with Crippen molar-refractivity contribution in [1.29, 1.82) is 0 Å². The first kappa shape index (κ1) is 25.0. The zero-order chi connectivity index (χ0) is 23.8. The van der Waals surface area contributed by atoms with Crippen LogP contribution in [0.25, 0.3) is 10.9 Å². The van der Waals surface area contributed by atoms with Gasteiger partial charge in [0.1, 0.15) is 11.5 Å². The first-order chi connectivity index (χ1) is 15.9. The summed E-state index contributed by atoms with van der Waals surface area (Å²) in [6.07, 6.45) is 9.84. The Morgan fingerprint density at radius 1 is 1.33 bits per heavy atom. The molecule has 3 rings (SSSR count). The van der Waals surface area contributed by atoms with Crippen LogP contribution in [-0.2, 0) is 22.6 Å². The van der Waals surface area contributed by atoms with Gasteiger partial charge in [0, 0.05) is 31.3 Å². The fourth-order valence-electron chi connectivity index (χ4n) is 3.44. The molecule has 1 amide bonds. The second kappa shape index (κ2) is 12.0. The van der Waals surface area contributed by atoms with Crippen LogP contribution in [0.5, 0.6) is 5.75 Å². The van der Waals surface area contributed by atoms with E-state index in [4.69, 9.17) is 15.2 Å². The monoisotopic (exact) mass is 515 g/mol. The van der Waals surface area contributed by atoms with E-state index in [9.17, 15) is 9.59 Å². The second-order valence-corrected chi connectivity index (χ2v) is 8.80. The van der Waals surface area contributed by atoms with Crippen molar-refractivity contribution in [3.8, 4) is 5.75 Å². The molecule has 1 heterocycles. The summed E-state index contributed by atoms with van der Waals surface area (Å²) in [6, 6.07) is 6.99. The smallest absolute Gasteiger partial charge is 0.255 e. The van der Waals surface area contributed by atoms with Crippen molar-refractivity contribution in [1.82, 2.24) is 9.88 Å². The van der Waals surface area contributed by atoms with Crippen LogP contribution in [0, 0.1) is 0 Å². The third-order valence-corrected chi connectivity index (χ3v) is 5.94. The Bertz CT molecular complexity index is 1150. The Kier molecular flexibility index (Phi) is 9.05. The van der Waals surface area contributed by atoms with Crippen LogP contribution in [0.4, 0.5) is 0 Å². The number of rotatable bonds is 10. The number of amides is 1. The molecule has 3 N–H and O–H groups in total. The third-order valence-electron chi connectivity index (χ3n) is 5.31. The molecule has 0 fully saturated rings. The number of benzene rings is 1. The maximum atomic E-state index is 13.3. The summed E-state index contributed by atoms with van der Waals surface area (Å²) in [5.74, 6) is 0.881. The summed E-state index contributed by atoms with van der Waals surface area (Å²) in [5.41, 5.74) is 6.50. The number of nitrogens with zero attached hydrogens (tertiary/aromatic N) is 1. The normalized spacial score (nSPS) is 19.0. The number of hydrogen-bond acceptors (Lipinski definition) is 5. The number of primary amides is 1. The van der Waals surface area contributed by atoms with E-state index in [1.165, 1.54) is 0 Å². The van der Waals surface area contributed by atoms with Gasteiger partial charge in [0.15, 0.2) is 0 Å². The summed E-state index contributed by atoms with van der Waals surface area (Å²) >= 11 is 3.58. The molecular weight excluding hydrogens is 486 g/mol. The van der Waals surface area contributed by atoms with Crippen molar-refractivity contribution in [3.05, 3.63) is 74.7 Å². The van der Waals surface area contributed by atoms with Crippen LogP contribution in [-0.4, -0.2) is 29.7 Å². The Labute approximate surface area is 202 Å². The topological polar surface area (TPSA) is 95.6 Å². The number of nitrogens with one attached hydrogen (secondary N) is 1. The Balaban J connectivity index is 1.97. The molecule has 0 saturated heterocycles. The predicted molar refractivity (Wildman–Crippen MR) is 134 cm³/mol. The number of aromatic nitrogens is 1. The lowest BCUT2D eigenvalue weighted by Gasteiger charge is -2.16. The fourth-order valence-corrected chi connectivity index (χ4v) is 3.90. The summed E-state index contributed by atoms with van der Waals surface area (Å²) in [6.45, 7) is 5.22. The molecule has 0 aliphatic heterocycles. The van der Waals surface area contributed by atoms with Crippen LogP contribution in [0.1, 0.15) is 32.3 Å². The molecule has 8 heteroatoms. The van der Waals surface area contributed by atoms with Gasteiger partial charge in [-0.2, -0.15) is 0 Å². The number of carbonyl (C=O) groups is 1. The van der Waals surface area contributed by atoms with Crippen molar-refractivity contribution in [2.75, 3.05) is 13.2 Å². The Hall–Kier alpha value is -2.68. The minimum atomic E-state index is -0.536. The van der Waals surface area contributed by atoms with E-state index in [1.54, 1.807) is 11.5 Å². The Morgan fingerprint density at radius 2 is 2.15 bits per heavy atom. The molecular formula is C25H30BrN3O4. The molecule has 1 atom stereocenters. The maximum Gasteiger partial charge on any atom is 0.255 e. The van der Waals surface area contributed by atoms with Gasteiger partial charge in [0.05, 0.1) is 18.2 Å². The average Bonchev–Trinajstić information content (AvgIpc) is 2.77. The van der Waals surface area contributed by atoms with E-state index < -0.39 is 11.9 Å². The van der Waals surface area contributed by atoms with Crippen LogP contribution in [0.3, 0.4) is 0 Å². The highest BCUT2D eigenvalue weighted by Gasteiger charge is 2.14. The third kappa shape index (κ3) is 6.90. The minimum Gasteiger partial charge on any atom is -0.457 e. The van der Waals surface area contributed by atoms with Gasteiger partial charge in [0.25, 0.3) is 5.56 Å². The van der Waals surface area contributed by atoms with Crippen molar-refractivity contribution < 1.29 is 14.3 Å². The van der Waals surface area contributed by atoms with Gasteiger partial charge < -0.3 is 25.1 Å². The minimum absolute atomic E-state index is 0.140. The van der Waals surface area contributed by atoms with Gasteiger partial charge >= 0.3 is 0 Å². The lowest BCUT2D eigenvalue weighted by atomic mass is 10.1. The van der Waals surface area contributed by atoms with Crippen molar-refractivity contribution in [2.24, 2.45) is 5.73 Å². The standard InChI is InChI=1S/C25H30BrN3O4/c1-3-32-12-11-29-23-15-22(33-21-8-6-4-5-7-20(26)14-21)10-9-18(23)13-19(25(29)31)16-28-17(2)24(27)30/h4,6,8-10,13-15,17,28H,3,5,7,11-12,16H2,1-2H3,(H2,27,30)/b6-4-,20-14+,21-8+. The lowest BCUT2D eigenvalue weighted by molar-refractivity contribution is -0.119. The molecule has 1 aromatic heterocycles. The average molecular weight is 516 g/mol. The van der Waals surface area contributed by atoms with Crippen LogP contribution in [0.15, 0.2) is 63.6 Å². The predicted octanol–water partition coefficient (Wildman–Crippen LogP) is 3.89. The molecule has 1 unspecified atom stereocenters. The fraction of sp³-hybridized carbons (Fsp3) is 0.360. The molecule has 1 aliphatic rings. The number of fused-ring (bicyclic) bond motifs is 1. The highest BCUT2D eigenvalue weighted by atomic mass is 79.9. The first-order valence-electron chi connectivity index (χ1n) is 11.1. The van der Waals surface area contributed by atoms with E-state index in [1.807, 2.05) is 49.4 Å². The molecule has 176 valence electrons. The summed E-state index contributed by atoms with van der Waals surface area (Å²) < 4.78 is 14.4. The van der Waals surface area contributed by atoms with Crippen molar-refractivity contribution in [2.45, 2.75) is 45.8 Å². The number of carbonyl (C=O) groups excluding carboxylic acids is 1. The highest BCUT2D eigenvalue weighted by Crippen LogP contribution is 2.25. The highest BCUT2D eigenvalue weighted by molar-refractivity contribution is 9.11. The molecule has 2 aromatic rings. The van der Waals surface area contributed by atoms with Gasteiger partial charge in [-0.25, -0.2) is 0 Å². The number of pyridine rings is 1. The molecule has 1 aliphatic carbocycles. The molecule has 1 aromatic carbocycles. The van der Waals surface area contributed by atoms with Gasteiger partial charge in [-0.05, 0) is 66.9 Å². The van der Waals surface area contributed by atoms with E-state index in [0.29, 0.717) is 36.8 Å². The van der Waals surface area contributed by atoms with E-state index in [0.717, 1.165) is 28.2 Å². The first-order valence-corrected chi connectivity index (χ1v) is 11.9. The summed E-state index contributed by atoms with van der Waals surface area (Å²) in [4.78, 5) is 24.6. The zero-order valence-corrected chi connectivity index (χ0v) is 20.6. The van der Waals surface area contributed by atoms with Crippen LogP contribution in [0.2, 0.25) is 0 Å². The van der Waals surface area contributed by atoms with Gasteiger partial charge in [0.2, 0.25) is 5.91 Å². The summed E-state index contributed by atoms with van der Waals surface area (Å²) in [7, 11) is 0. The SMILES string of the molecule is CCOCCn1c(=O)c(CNC(C)C(N)=O)cc2ccc(OC3=C/C=C\CC/C(Br)=C\3)cc21. The second-order valence-electron chi connectivity index (χ2n) is 7.78. The maximum absolute atomic E-state index is 13.3. The van der Waals surface area contributed by atoms with Crippen molar-refractivity contribution >= 4 is 32.7 Å². The van der Waals surface area contributed by atoms with E-state index in [-0.39, 0.29) is 12.1 Å². The number of ether oxygens (including phenoxy) is 2. The largest absolute Gasteiger partial charge is 0.457 e. The molecule has 0 saturated carbocycles. The van der Waals surface area contributed by atoms with Gasteiger partial charge in [-0.3, -0.25) is 9.59 Å². The van der Waals surface area contributed by atoms with E-state index >= 15 is 0 Å². The van der Waals surface area contributed by atoms with Crippen LogP contribution < -0.4 is 21.3 Å². The number of hydrogen-bond donors (Lipinski definition) is 2. The summed E-state index contributed by atoms with van der Waals surface area (Å²) in [5, 5.41) is 3.90. The van der Waals surface area contributed by atoms with E-state index in [2.05, 4.69) is 27.3 Å². The number of halogens is 1. The Morgan fingerprint density at radius 3 is 2.91 bits per heavy atom. The quantitative estimate of drug-likeness (QED) is 0.468. The van der Waals surface area contributed by atoms with Crippen LogP contribution >= 0.6 is 15.9 Å². The molecule has 0 spiro atoms. The zero-order valence-electron chi connectivity index (χ0n) is 19.0. The van der Waals surface area contributed by atoms with Gasteiger partial charge in [-0.15, -0.1) is 0 Å².